The van der Waals surface area contributed by atoms with Gasteiger partial charge in [0.2, 0.25) is 0 Å². The van der Waals surface area contributed by atoms with Gasteiger partial charge in [-0.2, -0.15) is 0 Å². The van der Waals surface area contributed by atoms with Gasteiger partial charge < -0.3 is 4.74 Å². The molecule has 0 amide bonds. The smallest absolute Gasteiger partial charge is 0.313 e. The minimum atomic E-state index is -0.351. The second kappa shape index (κ2) is 9.87. The summed E-state index contributed by atoms with van der Waals surface area (Å²) in [6.45, 7) is 0. The van der Waals surface area contributed by atoms with Crippen molar-refractivity contribution in [2.24, 2.45) is 0 Å². The molecule has 0 radical (unpaired) electrons. The highest BCUT2D eigenvalue weighted by molar-refractivity contribution is 8.47. The van der Waals surface area contributed by atoms with E-state index in [9.17, 15) is 4.79 Å². The maximum Gasteiger partial charge on any atom is 0.313 e. The standard InChI is InChI=1S/C19H20O2S3/c1-21-18(20)17(15-11-7-4-8-12-15)16(13-24-19(22)23-2)14-9-5-3-6-10-14/h3-12,16-17H,13H2,1-2H3. The Hall–Kier alpha value is -1.30. The fraction of sp³-hybridized carbons (Fsp3) is 0.263. The van der Waals surface area contributed by atoms with Crippen LogP contribution in [0.25, 0.3) is 0 Å². The van der Waals surface area contributed by atoms with Gasteiger partial charge in [-0.25, -0.2) is 0 Å². The van der Waals surface area contributed by atoms with E-state index < -0.39 is 0 Å². The van der Waals surface area contributed by atoms with E-state index in [-0.39, 0.29) is 17.8 Å². The van der Waals surface area contributed by atoms with E-state index >= 15 is 0 Å². The predicted octanol–water partition coefficient (Wildman–Crippen LogP) is 5.11. The lowest BCUT2D eigenvalue weighted by atomic mass is 9.82. The maximum atomic E-state index is 12.6. The first-order valence-corrected chi connectivity index (χ1v) is 10.2. The van der Waals surface area contributed by atoms with Crippen molar-refractivity contribution in [3.8, 4) is 0 Å². The summed E-state index contributed by atoms with van der Waals surface area (Å²) < 4.78 is 6.00. The highest BCUT2D eigenvalue weighted by Gasteiger charge is 2.32. The minimum Gasteiger partial charge on any atom is -0.469 e. The number of hydrogen-bond acceptors (Lipinski definition) is 5. The van der Waals surface area contributed by atoms with Crippen LogP contribution in [-0.2, 0) is 9.53 Å². The van der Waals surface area contributed by atoms with Crippen LogP contribution >= 0.6 is 35.7 Å². The topological polar surface area (TPSA) is 26.3 Å². The Morgan fingerprint density at radius 3 is 2.08 bits per heavy atom. The van der Waals surface area contributed by atoms with Gasteiger partial charge in [0.1, 0.15) is 3.53 Å². The SMILES string of the molecule is COC(=O)C(c1ccccc1)C(CSC(=S)SC)c1ccccc1. The summed E-state index contributed by atoms with van der Waals surface area (Å²) in [5.74, 6) is 0.163. The molecule has 2 nitrogen and oxygen atoms in total. The van der Waals surface area contributed by atoms with Gasteiger partial charge in [0.15, 0.2) is 0 Å². The predicted molar refractivity (Wildman–Crippen MR) is 109 cm³/mol. The molecule has 0 spiro atoms. The van der Waals surface area contributed by atoms with E-state index in [1.165, 1.54) is 7.11 Å². The molecule has 2 aromatic carbocycles. The highest BCUT2D eigenvalue weighted by atomic mass is 32.2. The van der Waals surface area contributed by atoms with E-state index in [2.05, 4.69) is 12.1 Å². The van der Waals surface area contributed by atoms with Crippen LogP contribution in [0.15, 0.2) is 60.7 Å². The number of hydrogen-bond donors (Lipinski definition) is 0. The first-order chi connectivity index (χ1) is 11.7. The van der Waals surface area contributed by atoms with Gasteiger partial charge in [-0.3, -0.25) is 4.79 Å². The quantitative estimate of drug-likeness (QED) is 0.516. The number of carbonyl (C=O) groups is 1. The van der Waals surface area contributed by atoms with Crippen LogP contribution in [0.4, 0.5) is 0 Å². The van der Waals surface area contributed by atoms with Crippen LogP contribution < -0.4 is 0 Å². The number of rotatable bonds is 6. The summed E-state index contributed by atoms with van der Waals surface area (Å²) in [6, 6.07) is 19.9. The molecule has 126 valence electrons. The van der Waals surface area contributed by atoms with Gasteiger partial charge in [0, 0.05) is 11.7 Å². The fourth-order valence-electron chi connectivity index (χ4n) is 2.62. The van der Waals surface area contributed by atoms with Gasteiger partial charge in [0.05, 0.1) is 13.0 Å². The third-order valence-corrected chi connectivity index (χ3v) is 6.59. The average Bonchev–Trinajstić information content (AvgIpc) is 2.65. The Morgan fingerprint density at radius 2 is 1.58 bits per heavy atom. The minimum absolute atomic E-state index is 0.00356. The van der Waals surface area contributed by atoms with E-state index in [4.69, 9.17) is 17.0 Å². The summed E-state index contributed by atoms with van der Waals surface area (Å²) in [4.78, 5) is 12.6. The lowest BCUT2D eigenvalue weighted by molar-refractivity contribution is -0.142. The Morgan fingerprint density at radius 1 is 1.04 bits per heavy atom. The molecule has 0 aromatic heterocycles. The molecule has 5 heteroatoms. The fourth-order valence-corrected chi connectivity index (χ4v) is 4.20. The van der Waals surface area contributed by atoms with Crippen molar-refractivity contribution in [2.75, 3.05) is 19.1 Å². The molecule has 2 rings (SSSR count). The van der Waals surface area contributed by atoms with Gasteiger partial charge >= 0.3 is 5.97 Å². The van der Waals surface area contributed by atoms with Gasteiger partial charge in [-0.1, -0.05) is 72.9 Å². The van der Waals surface area contributed by atoms with Crippen LogP contribution in [0.2, 0.25) is 0 Å². The number of ether oxygens (including phenoxy) is 1. The lowest BCUT2D eigenvalue weighted by Gasteiger charge is -2.26. The second-order valence-electron chi connectivity index (χ2n) is 5.19. The first-order valence-electron chi connectivity index (χ1n) is 7.55. The number of thioether (sulfide) groups is 2. The van der Waals surface area contributed by atoms with Gasteiger partial charge in [-0.05, 0) is 17.4 Å². The summed E-state index contributed by atoms with van der Waals surface area (Å²) in [5, 5.41) is 0. The van der Waals surface area contributed by atoms with Crippen molar-refractivity contribution >= 4 is 45.2 Å². The molecule has 2 atom stereocenters. The monoisotopic (exact) mass is 376 g/mol. The zero-order chi connectivity index (χ0) is 17.4. The number of carbonyl (C=O) groups excluding carboxylic acids is 1. The van der Waals surface area contributed by atoms with Crippen molar-refractivity contribution in [3.05, 3.63) is 71.8 Å². The molecule has 0 fully saturated rings. The molecule has 0 aliphatic heterocycles. The molecule has 0 bridgehead atoms. The normalized spacial score (nSPS) is 13.1. The largest absolute Gasteiger partial charge is 0.469 e. The Kier molecular flexibility index (Phi) is 7.82. The van der Waals surface area contributed by atoms with Crippen molar-refractivity contribution < 1.29 is 9.53 Å². The highest BCUT2D eigenvalue weighted by Crippen LogP contribution is 2.37. The molecule has 0 N–H and O–H groups in total. The maximum absolute atomic E-state index is 12.6. The molecule has 0 aliphatic rings. The van der Waals surface area contributed by atoms with Crippen molar-refractivity contribution in [1.29, 1.82) is 0 Å². The summed E-state index contributed by atoms with van der Waals surface area (Å²) in [6.07, 6.45) is 1.97. The van der Waals surface area contributed by atoms with Crippen LogP contribution in [0.1, 0.15) is 23.0 Å². The van der Waals surface area contributed by atoms with Crippen LogP contribution in [0, 0.1) is 0 Å². The Bertz CT molecular complexity index is 659. The van der Waals surface area contributed by atoms with Crippen LogP contribution in [-0.4, -0.2) is 28.6 Å². The lowest BCUT2D eigenvalue weighted by Crippen LogP contribution is -2.23. The molecular formula is C19H20O2S3. The van der Waals surface area contributed by atoms with E-state index in [0.29, 0.717) is 0 Å². The summed E-state index contributed by atoms with van der Waals surface area (Å²) >= 11 is 8.51. The zero-order valence-electron chi connectivity index (χ0n) is 13.7. The van der Waals surface area contributed by atoms with E-state index in [0.717, 1.165) is 20.4 Å². The van der Waals surface area contributed by atoms with E-state index in [1.807, 2.05) is 54.8 Å². The van der Waals surface area contributed by atoms with Crippen molar-refractivity contribution in [3.63, 3.8) is 0 Å². The molecule has 0 saturated carbocycles. The summed E-state index contributed by atoms with van der Waals surface area (Å²) in [5.41, 5.74) is 2.09. The molecule has 2 aromatic rings. The van der Waals surface area contributed by atoms with Crippen LogP contribution in [0.5, 0.6) is 0 Å². The Balaban J connectivity index is 2.40. The molecule has 0 heterocycles. The average molecular weight is 377 g/mol. The second-order valence-corrected chi connectivity index (χ2v) is 8.22. The zero-order valence-corrected chi connectivity index (χ0v) is 16.1. The van der Waals surface area contributed by atoms with Crippen molar-refractivity contribution in [2.45, 2.75) is 11.8 Å². The van der Waals surface area contributed by atoms with Crippen molar-refractivity contribution in [1.82, 2.24) is 0 Å². The third kappa shape index (κ3) is 5.10. The molecule has 0 aliphatic carbocycles. The molecule has 2 unspecified atom stereocenters. The third-order valence-electron chi connectivity index (χ3n) is 3.79. The molecule has 24 heavy (non-hydrogen) atoms. The Labute approximate surface area is 157 Å². The van der Waals surface area contributed by atoms with Gasteiger partial charge in [0.25, 0.3) is 0 Å². The number of thiocarbonyl (C=S) groups is 1. The number of benzene rings is 2. The molecule has 0 saturated heterocycles. The van der Waals surface area contributed by atoms with Crippen LogP contribution in [0.3, 0.4) is 0 Å². The van der Waals surface area contributed by atoms with E-state index in [1.54, 1.807) is 23.5 Å². The first kappa shape index (κ1) is 19.0. The van der Waals surface area contributed by atoms with Gasteiger partial charge in [-0.15, -0.1) is 23.5 Å². The number of esters is 1. The molecular weight excluding hydrogens is 356 g/mol. The summed E-state index contributed by atoms with van der Waals surface area (Å²) in [7, 11) is 1.44. The number of methoxy groups -OCH3 is 1.